The molecule has 1 rings (SSSR count). The zero-order valence-corrected chi connectivity index (χ0v) is 11.5. The number of nitrogens with one attached hydrogen (secondary N) is 1. The lowest BCUT2D eigenvalue weighted by Crippen LogP contribution is -2.30. The number of halogens is 4. The Kier molecular flexibility index (Phi) is 5.53. The molecule has 1 aromatic carbocycles. The molecule has 0 atom stereocenters. The highest BCUT2D eigenvalue weighted by molar-refractivity contribution is 5.30. The van der Waals surface area contributed by atoms with Crippen LogP contribution >= 0.6 is 0 Å². The summed E-state index contributed by atoms with van der Waals surface area (Å²) in [5, 5.41) is 11.8. The summed E-state index contributed by atoms with van der Waals surface area (Å²) in [5.74, 6) is -0.901. The molecule has 0 spiro atoms. The molecule has 0 unspecified atom stereocenters. The van der Waals surface area contributed by atoms with Gasteiger partial charge in [-0.25, -0.2) is 4.39 Å². The molecule has 0 saturated carbocycles. The molecule has 2 N–H and O–H groups in total. The summed E-state index contributed by atoms with van der Waals surface area (Å²) in [7, 11) is 0. The van der Waals surface area contributed by atoms with Gasteiger partial charge in [0, 0.05) is 19.7 Å². The first-order chi connectivity index (χ1) is 9.15. The van der Waals surface area contributed by atoms with E-state index in [4.69, 9.17) is 5.11 Å². The Hall–Kier alpha value is -1.14. The predicted molar refractivity (Wildman–Crippen MR) is 68.6 cm³/mol. The van der Waals surface area contributed by atoms with Gasteiger partial charge in [0.25, 0.3) is 0 Å². The lowest BCUT2D eigenvalue weighted by molar-refractivity contribution is -0.138. The van der Waals surface area contributed by atoms with E-state index in [0.29, 0.717) is 19.0 Å². The Morgan fingerprint density at radius 3 is 2.40 bits per heavy atom. The summed E-state index contributed by atoms with van der Waals surface area (Å²) in [6.45, 7) is 4.31. The SMILES string of the molecule is CC(C)(CCO)CNCc1ccc(F)cc1C(F)(F)F. The monoisotopic (exact) mass is 293 g/mol. The summed E-state index contributed by atoms with van der Waals surface area (Å²) >= 11 is 0. The molecule has 0 aliphatic heterocycles. The Morgan fingerprint density at radius 1 is 1.20 bits per heavy atom. The molecule has 0 bridgehead atoms. The third-order valence-corrected chi connectivity index (χ3v) is 3.08. The first kappa shape index (κ1) is 16.9. The maximum atomic E-state index is 12.9. The average molecular weight is 293 g/mol. The number of rotatable bonds is 6. The largest absolute Gasteiger partial charge is 0.416 e. The third kappa shape index (κ3) is 5.09. The fourth-order valence-corrected chi connectivity index (χ4v) is 1.89. The minimum atomic E-state index is -4.57. The zero-order valence-electron chi connectivity index (χ0n) is 11.5. The van der Waals surface area contributed by atoms with Crippen LogP contribution in [0, 0.1) is 11.2 Å². The normalized spacial score (nSPS) is 12.8. The van der Waals surface area contributed by atoms with E-state index in [-0.39, 0.29) is 24.1 Å². The van der Waals surface area contributed by atoms with Crippen LogP contribution in [-0.4, -0.2) is 18.3 Å². The number of benzene rings is 1. The van der Waals surface area contributed by atoms with E-state index in [2.05, 4.69) is 5.32 Å². The van der Waals surface area contributed by atoms with Crippen molar-refractivity contribution >= 4 is 0 Å². The average Bonchev–Trinajstić information content (AvgIpc) is 2.29. The highest BCUT2D eigenvalue weighted by Gasteiger charge is 2.33. The number of hydrogen-bond acceptors (Lipinski definition) is 2. The van der Waals surface area contributed by atoms with Crippen LogP contribution in [0.1, 0.15) is 31.4 Å². The molecule has 0 fully saturated rings. The minimum Gasteiger partial charge on any atom is -0.396 e. The van der Waals surface area contributed by atoms with Gasteiger partial charge in [-0.1, -0.05) is 19.9 Å². The summed E-state index contributed by atoms with van der Waals surface area (Å²) in [4.78, 5) is 0. The topological polar surface area (TPSA) is 32.3 Å². The molecular weight excluding hydrogens is 274 g/mol. The number of aliphatic hydroxyl groups excluding tert-OH is 1. The first-order valence-corrected chi connectivity index (χ1v) is 6.33. The standard InChI is InChI=1S/C14H19F4NO/c1-13(2,5-6-20)9-19-8-10-3-4-11(15)7-12(10)14(16,17)18/h3-4,7,19-20H,5-6,8-9H2,1-2H3. The molecule has 0 heterocycles. The van der Waals surface area contributed by atoms with E-state index in [1.807, 2.05) is 13.8 Å². The number of hydrogen-bond donors (Lipinski definition) is 2. The highest BCUT2D eigenvalue weighted by Crippen LogP contribution is 2.32. The molecule has 0 saturated heterocycles. The highest BCUT2D eigenvalue weighted by atomic mass is 19.4. The smallest absolute Gasteiger partial charge is 0.396 e. The second kappa shape index (κ2) is 6.54. The molecule has 0 amide bonds. The van der Waals surface area contributed by atoms with Crippen molar-refractivity contribution in [2.75, 3.05) is 13.2 Å². The Labute approximate surface area is 115 Å². The Morgan fingerprint density at radius 2 is 1.85 bits per heavy atom. The lowest BCUT2D eigenvalue weighted by atomic mass is 9.89. The molecule has 0 radical (unpaired) electrons. The summed E-state index contributed by atoms with van der Waals surface area (Å²) in [5.41, 5.74) is -1.16. The van der Waals surface area contributed by atoms with Gasteiger partial charge in [0.15, 0.2) is 0 Å². The summed E-state index contributed by atoms with van der Waals surface area (Å²) < 4.78 is 51.3. The van der Waals surface area contributed by atoms with Crippen molar-refractivity contribution < 1.29 is 22.7 Å². The first-order valence-electron chi connectivity index (χ1n) is 6.33. The molecular formula is C14H19F4NO. The van der Waals surface area contributed by atoms with Crippen LogP contribution in [0.2, 0.25) is 0 Å². The van der Waals surface area contributed by atoms with E-state index in [1.54, 1.807) is 0 Å². The van der Waals surface area contributed by atoms with Gasteiger partial charge in [0.05, 0.1) is 5.56 Å². The Bertz CT molecular complexity index is 443. The molecule has 114 valence electrons. The maximum Gasteiger partial charge on any atom is 0.416 e. The van der Waals surface area contributed by atoms with Crippen molar-refractivity contribution in [1.29, 1.82) is 0 Å². The molecule has 20 heavy (non-hydrogen) atoms. The zero-order chi connectivity index (χ0) is 15.4. The van der Waals surface area contributed by atoms with Gasteiger partial charge in [-0.05, 0) is 29.5 Å². The second-order valence-electron chi connectivity index (χ2n) is 5.54. The maximum absolute atomic E-state index is 12.9. The fourth-order valence-electron chi connectivity index (χ4n) is 1.89. The van der Waals surface area contributed by atoms with Crippen molar-refractivity contribution in [3.05, 3.63) is 35.1 Å². The number of aliphatic hydroxyl groups is 1. The van der Waals surface area contributed by atoms with Gasteiger partial charge in [-0.2, -0.15) is 13.2 Å². The van der Waals surface area contributed by atoms with Gasteiger partial charge in [0.1, 0.15) is 5.82 Å². The van der Waals surface area contributed by atoms with E-state index >= 15 is 0 Å². The Balaban J connectivity index is 2.74. The van der Waals surface area contributed by atoms with Gasteiger partial charge in [0.2, 0.25) is 0 Å². The van der Waals surface area contributed by atoms with Crippen LogP contribution < -0.4 is 5.32 Å². The third-order valence-electron chi connectivity index (χ3n) is 3.08. The fraction of sp³-hybridized carbons (Fsp3) is 0.571. The van der Waals surface area contributed by atoms with Gasteiger partial charge >= 0.3 is 6.18 Å². The second-order valence-corrected chi connectivity index (χ2v) is 5.54. The van der Waals surface area contributed by atoms with Gasteiger partial charge in [-0.3, -0.25) is 0 Å². The van der Waals surface area contributed by atoms with E-state index in [9.17, 15) is 17.6 Å². The molecule has 2 nitrogen and oxygen atoms in total. The van der Waals surface area contributed by atoms with Crippen LogP contribution in [0.3, 0.4) is 0 Å². The van der Waals surface area contributed by atoms with Crippen LogP contribution in [0.4, 0.5) is 17.6 Å². The van der Waals surface area contributed by atoms with Crippen molar-refractivity contribution in [3.63, 3.8) is 0 Å². The quantitative estimate of drug-likeness (QED) is 0.788. The van der Waals surface area contributed by atoms with E-state index in [0.717, 1.165) is 12.1 Å². The lowest BCUT2D eigenvalue weighted by Gasteiger charge is -2.24. The van der Waals surface area contributed by atoms with Crippen LogP contribution in [0.25, 0.3) is 0 Å². The van der Waals surface area contributed by atoms with Crippen molar-refractivity contribution in [1.82, 2.24) is 5.32 Å². The molecule has 6 heteroatoms. The van der Waals surface area contributed by atoms with Crippen LogP contribution in [0.15, 0.2) is 18.2 Å². The summed E-state index contributed by atoms with van der Waals surface area (Å²) in [6, 6.07) is 2.67. The van der Waals surface area contributed by atoms with Crippen molar-refractivity contribution in [3.8, 4) is 0 Å². The molecule has 1 aromatic rings. The van der Waals surface area contributed by atoms with E-state index < -0.39 is 17.6 Å². The number of alkyl halides is 3. The molecule has 0 aromatic heterocycles. The van der Waals surface area contributed by atoms with Gasteiger partial charge in [-0.15, -0.1) is 0 Å². The van der Waals surface area contributed by atoms with Crippen LogP contribution in [-0.2, 0) is 12.7 Å². The predicted octanol–water partition coefficient (Wildman–Crippen LogP) is 3.34. The van der Waals surface area contributed by atoms with Crippen molar-refractivity contribution in [2.24, 2.45) is 5.41 Å². The van der Waals surface area contributed by atoms with Crippen molar-refractivity contribution in [2.45, 2.75) is 33.0 Å². The van der Waals surface area contributed by atoms with Gasteiger partial charge < -0.3 is 10.4 Å². The minimum absolute atomic E-state index is 0.00395. The summed E-state index contributed by atoms with van der Waals surface area (Å²) in [6.07, 6.45) is -4.02. The van der Waals surface area contributed by atoms with Crippen LogP contribution in [0.5, 0.6) is 0 Å². The van der Waals surface area contributed by atoms with E-state index in [1.165, 1.54) is 0 Å². The molecule has 0 aliphatic carbocycles. The molecule has 0 aliphatic rings.